The van der Waals surface area contributed by atoms with Crippen LogP contribution in [0.3, 0.4) is 0 Å². The molecule has 0 fully saturated rings. The van der Waals surface area contributed by atoms with Gasteiger partial charge in [-0.25, -0.2) is 4.98 Å². The Morgan fingerprint density at radius 2 is 1.60 bits per heavy atom. The minimum Gasteiger partial charge on any atom is -0.383 e. The molecule has 0 spiro atoms. The van der Waals surface area contributed by atoms with Gasteiger partial charge in [-0.2, -0.15) is 4.98 Å². The zero-order chi connectivity index (χ0) is 23.6. The Bertz CT molecular complexity index is 1610. The van der Waals surface area contributed by atoms with Gasteiger partial charge in [0.25, 0.3) is 0 Å². The average Bonchev–Trinajstić information content (AvgIpc) is 3.50. The van der Waals surface area contributed by atoms with Gasteiger partial charge in [0.15, 0.2) is 0 Å². The van der Waals surface area contributed by atoms with Crippen LogP contribution in [0.2, 0.25) is 0 Å². The van der Waals surface area contributed by atoms with Crippen LogP contribution < -0.4 is 11.1 Å². The predicted octanol–water partition coefficient (Wildman–Crippen LogP) is 5.82. The van der Waals surface area contributed by atoms with E-state index in [1.807, 2.05) is 18.5 Å². The topological polar surface area (TPSA) is 95.4 Å². The zero-order valence-corrected chi connectivity index (χ0v) is 19.3. The fraction of sp³-hybridized carbons (Fsp3) is 0.103. The molecule has 0 aliphatic carbocycles. The molecule has 0 saturated carbocycles. The van der Waals surface area contributed by atoms with E-state index in [2.05, 4.69) is 98.0 Å². The van der Waals surface area contributed by atoms with Crippen LogP contribution in [-0.2, 0) is 19.4 Å². The van der Waals surface area contributed by atoms with Gasteiger partial charge in [0.2, 0.25) is 5.95 Å². The second kappa shape index (κ2) is 8.99. The van der Waals surface area contributed by atoms with E-state index in [4.69, 9.17) is 5.73 Å². The first-order valence-corrected chi connectivity index (χ1v) is 11.8. The molecule has 6 heteroatoms. The Balaban J connectivity index is 1.12. The van der Waals surface area contributed by atoms with Crippen molar-refractivity contribution in [1.29, 1.82) is 0 Å². The maximum Gasteiger partial charge on any atom is 0.224 e. The fourth-order valence-corrected chi connectivity index (χ4v) is 4.52. The third-order valence-corrected chi connectivity index (χ3v) is 6.34. The molecule has 0 amide bonds. The molecule has 35 heavy (non-hydrogen) atoms. The first-order valence-electron chi connectivity index (χ1n) is 11.8. The number of anilines is 2. The minimum atomic E-state index is 0.503. The summed E-state index contributed by atoms with van der Waals surface area (Å²) >= 11 is 0. The summed E-state index contributed by atoms with van der Waals surface area (Å²) in [5.74, 6) is 1.04. The monoisotopic (exact) mass is 458 g/mol. The number of nitrogens with zero attached hydrogens (tertiary/aromatic N) is 2. The van der Waals surface area contributed by atoms with Gasteiger partial charge >= 0.3 is 0 Å². The van der Waals surface area contributed by atoms with E-state index in [0.29, 0.717) is 24.7 Å². The third-order valence-electron chi connectivity index (χ3n) is 6.34. The summed E-state index contributed by atoms with van der Waals surface area (Å²) in [6.07, 6.45) is 5.35. The molecule has 6 aromatic rings. The maximum atomic E-state index is 6.27. The second-order valence-electron chi connectivity index (χ2n) is 8.91. The molecule has 6 nitrogen and oxygen atoms in total. The highest BCUT2D eigenvalue weighted by atomic mass is 15.1. The van der Waals surface area contributed by atoms with Crippen molar-refractivity contribution in [3.8, 4) is 0 Å². The summed E-state index contributed by atoms with van der Waals surface area (Å²) in [6, 6.07) is 27.6. The number of fused-ring (bicyclic) bond motifs is 2. The molecule has 0 radical (unpaired) electrons. The summed E-state index contributed by atoms with van der Waals surface area (Å²) in [7, 11) is 0. The number of nitrogen functional groups attached to an aromatic ring is 1. The maximum absolute atomic E-state index is 6.27. The molecule has 0 atom stereocenters. The Morgan fingerprint density at radius 1 is 0.771 bits per heavy atom. The molecule has 3 aromatic heterocycles. The van der Waals surface area contributed by atoms with E-state index in [1.54, 1.807) is 0 Å². The van der Waals surface area contributed by atoms with Crippen LogP contribution in [0.1, 0.15) is 27.9 Å². The number of hydrogen-bond donors (Lipinski definition) is 4. The lowest BCUT2D eigenvalue weighted by molar-refractivity contribution is 1.03. The Hall–Kier alpha value is -4.58. The molecule has 0 bridgehead atoms. The first-order chi connectivity index (χ1) is 17.2. The van der Waals surface area contributed by atoms with Gasteiger partial charge in [0.05, 0.1) is 0 Å². The molecule has 6 rings (SSSR count). The first kappa shape index (κ1) is 21.0. The van der Waals surface area contributed by atoms with Crippen molar-refractivity contribution in [3.05, 3.63) is 119 Å². The van der Waals surface area contributed by atoms with Gasteiger partial charge in [0, 0.05) is 54.1 Å². The Labute approximate surface area is 203 Å². The summed E-state index contributed by atoms with van der Waals surface area (Å²) in [4.78, 5) is 15.7. The van der Waals surface area contributed by atoms with Crippen LogP contribution in [0.4, 0.5) is 11.8 Å². The van der Waals surface area contributed by atoms with Crippen molar-refractivity contribution in [1.82, 2.24) is 19.9 Å². The van der Waals surface area contributed by atoms with E-state index in [1.165, 1.54) is 27.6 Å². The largest absolute Gasteiger partial charge is 0.383 e. The van der Waals surface area contributed by atoms with E-state index < -0.39 is 0 Å². The van der Waals surface area contributed by atoms with E-state index in [0.717, 1.165) is 28.6 Å². The summed E-state index contributed by atoms with van der Waals surface area (Å²) in [6.45, 7) is 0.623. The Morgan fingerprint density at radius 3 is 2.49 bits per heavy atom. The summed E-state index contributed by atoms with van der Waals surface area (Å²) in [5, 5.41) is 5.69. The number of aromatic nitrogens is 4. The second-order valence-corrected chi connectivity index (χ2v) is 8.91. The van der Waals surface area contributed by atoms with Crippen molar-refractivity contribution in [3.63, 3.8) is 0 Å². The zero-order valence-electron chi connectivity index (χ0n) is 19.3. The van der Waals surface area contributed by atoms with Crippen molar-refractivity contribution < 1.29 is 0 Å². The number of nitrogens with one attached hydrogen (secondary N) is 3. The van der Waals surface area contributed by atoms with Crippen molar-refractivity contribution in [2.24, 2.45) is 0 Å². The van der Waals surface area contributed by atoms with Crippen LogP contribution >= 0.6 is 0 Å². The summed E-state index contributed by atoms with van der Waals surface area (Å²) < 4.78 is 0. The van der Waals surface area contributed by atoms with E-state index >= 15 is 0 Å². The smallest absolute Gasteiger partial charge is 0.224 e. The number of rotatable bonds is 7. The van der Waals surface area contributed by atoms with Gasteiger partial charge in [-0.3, -0.25) is 0 Å². The fourth-order valence-electron chi connectivity index (χ4n) is 4.52. The predicted molar refractivity (Wildman–Crippen MR) is 142 cm³/mol. The molecule has 0 aliphatic heterocycles. The molecule has 0 aliphatic rings. The van der Waals surface area contributed by atoms with Crippen molar-refractivity contribution >= 4 is 33.6 Å². The Kier molecular flexibility index (Phi) is 5.39. The van der Waals surface area contributed by atoms with Crippen LogP contribution in [0.5, 0.6) is 0 Å². The van der Waals surface area contributed by atoms with Gasteiger partial charge < -0.3 is 21.0 Å². The van der Waals surface area contributed by atoms with Gasteiger partial charge in [-0.05, 0) is 63.9 Å². The number of H-pyrrole nitrogens is 2. The van der Waals surface area contributed by atoms with Crippen molar-refractivity contribution in [2.75, 3.05) is 11.1 Å². The molecule has 0 saturated heterocycles. The third kappa shape index (κ3) is 4.59. The van der Waals surface area contributed by atoms with Gasteiger partial charge in [0.1, 0.15) is 5.82 Å². The molecule has 0 unspecified atom stereocenters. The quantitative estimate of drug-likeness (QED) is 0.243. The highest BCUT2D eigenvalue weighted by Crippen LogP contribution is 2.22. The molecule has 3 aromatic carbocycles. The molecule has 172 valence electrons. The molecule has 3 heterocycles. The van der Waals surface area contributed by atoms with Crippen molar-refractivity contribution in [2.45, 2.75) is 19.4 Å². The normalized spacial score (nSPS) is 11.3. The van der Waals surface area contributed by atoms with Gasteiger partial charge in [-0.15, -0.1) is 0 Å². The lowest BCUT2D eigenvalue weighted by Crippen LogP contribution is -2.07. The van der Waals surface area contributed by atoms with E-state index in [9.17, 15) is 0 Å². The molecular formula is C29H26N6. The minimum absolute atomic E-state index is 0.503. The highest BCUT2D eigenvalue weighted by molar-refractivity contribution is 5.81. The lowest BCUT2D eigenvalue weighted by atomic mass is 10.1. The molecular weight excluding hydrogens is 432 g/mol. The van der Waals surface area contributed by atoms with Crippen LogP contribution in [0.25, 0.3) is 21.8 Å². The van der Waals surface area contributed by atoms with E-state index in [-0.39, 0.29) is 0 Å². The number of aromatic amines is 2. The van der Waals surface area contributed by atoms with Crippen LogP contribution in [0, 0.1) is 0 Å². The van der Waals surface area contributed by atoms with Crippen LogP contribution in [0.15, 0.2) is 91.3 Å². The molecule has 5 N–H and O–H groups in total. The highest BCUT2D eigenvalue weighted by Gasteiger charge is 2.08. The lowest BCUT2D eigenvalue weighted by Gasteiger charge is -2.09. The van der Waals surface area contributed by atoms with Gasteiger partial charge in [-0.1, -0.05) is 42.5 Å². The number of benzene rings is 3. The van der Waals surface area contributed by atoms with Crippen LogP contribution in [-0.4, -0.2) is 19.9 Å². The number of nitrogens with two attached hydrogens (primary N) is 1. The standard InChI is InChI=1S/C29H26N6/c30-28-24(13-20-6-8-26-22(12-20)10-11-31-26)18-33-29(35-28)32-17-21-7-9-27-23(14-21)16-25(34-27)15-19-4-2-1-3-5-19/h1-12,14,16,18,31,34H,13,15,17H2,(H3,30,32,33,35). The number of hydrogen-bond acceptors (Lipinski definition) is 4. The average molecular weight is 459 g/mol. The summed E-state index contributed by atoms with van der Waals surface area (Å²) in [5.41, 5.74) is 14.3. The SMILES string of the molecule is Nc1nc(NCc2ccc3[nH]c(Cc4ccccc4)cc3c2)ncc1Cc1ccc2[nH]ccc2c1.